The fourth-order valence-corrected chi connectivity index (χ4v) is 2.65. The van der Waals surface area contributed by atoms with E-state index in [1.165, 1.54) is 0 Å². The molecule has 0 aliphatic rings. The summed E-state index contributed by atoms with van der Waals surface area (Å²) in [4.78, 5) is 10.8. The molecular weight excluding hydrogens is 276 g/mol. The van der Waals surface area contributed by atoms with Crippen molar-refractivity contribution >= 4 is 5.69 Å². The number of hydrogen-bond donors (Lipinski definition) is 0. The molecule has 0 N–H and O–H groups in total. The molecule has 1 aromatic heterocycles. The molecule has 0 atom stereocenters. The van der Waals surface area contributed by atoms with Crippen LogP contribution in [-0.2, 0) is 0 Å². The molecule has 0 radical (unpaired) electrons. The molecule has 2 aromatic carbocycles. The van der Waals surface area contributed by atoms with E-state index in [2.05, 4.69) is 0 Å². The van der Waals surface area contributed by atoms with Crippen LogP contribution in [0, 0.1) is 24.0 Å². The van der Waals surface area contributed by atoms with Crippen molar-refractivity contribution in [2.24, 2.45) is 0 Å². The maximum absolute atomic E-state index is 11.2. The number of hydrogen-bond acceptors (Lipinski definition) is 2. The van der Waals surface area contributed by atoms with E-state index in [1.54, 1.807) is 19.1 Å². The number of nitro groups is 1. The number of rotatable bonds is 3. The first kappa shape index (κ1) is 14.1. The fraction of sp³-hybridized carbons (Fsp3) is 0.111. The second kappa shape index (κ2) is 5.48. The Balaban J connectivity index is 2.20. The van der Waals surface area contributed by atoms with Gasteiger partial charge in [-0.15, -0.1) is 0 Å². The molecule has 0 aliphatic heterocycles. The van der Waals surface area contributed by atoms with Crippen LogP contribution in [0.1, 0.15) is 11.3 Å². The van der Waals surface area contributed by atoms with E-state index in [-0.39, 0.29) is 10.6 Å². The monoisotopic (exact) mass is 292 g/mol. The molecule has 0 saturated heterocycles. The van der Waals surface area contributed by atoms with Crippen LogP contribution in [0.25, 0.3) is 16.9 Å². The topological polar surface area (TPSA) is 48.1 Å². The minimum absolute atomic E-state index is 0.143. The van der Waals surface area contributed by atoms with Gasteiger partial charge in [0, 0.05) is 17.3 Å². The number of benzene rings is 2. The first-order valence-corrected chi connectivity index (χ1v) is 7.07. The van der Waals surface area contributed by atoms with E-state index in [1.807, 2.05) is 60.0 Å². The Kier molecular flexibility index (Phi) is 3.51. The van der Waals surface area contributed by atoms with E-state index in [4.69, 9.17) is 0 Å². The van der Waals surface area contributed by atoms with Crippen molar-refractivity contribution in [2.75, 3.05) is 0 Å². The maximum Gasteiger partial charge on any atom is 0.274 e. The Hall–Kier alpha value is -2.88. The molecule has 0 fully saturated rings. The standard InChI is InChI=1S/C18H16N2O2/c1-13-8-10-16(12-18(13)20(21)22)19-14(2)9-11-17(19)15-6-4-3-5-7-15/h3-12H,1-2H3. The molecule has 4 heteroatoms. The highest BCUT2D eigenvalue weighted by molar-refractivity contribution is 5.65. The van der Waals surface area contributed by atoms with Gasteiger partial charge in [0.1, 0.15) is 0 Å². The fourth-order valence-electron chi connectivity index (χ4n) is 2.65. The summed E-state index contributed by atoms with van der Waals surface area (Å²) >= 11 is 0. The lowest BCUT2D eigenvalue weighted by Gasteiger charge is -2.12. The van der Waals surface area contributed by atoms with Crippen molar-refractivity contribution in [3.63, 3.8) is 0 Å². The van der Waals surface area contributed by atoms with E-state index in [0.29, 0.717) is 5.56 Å². The van der Waals surface area contributed by atoms with Crippen LogP contribution >= 0.6 is 0 Å². The average molecular weight is 292 g/mol. The lowest BCUT2D eigenvalue weighted by Crippen LogP contribution is -2.01. The van der Waals surface area contributed by atoms with E-state index < -0.39 is 0 Å². The Morgan fingerprint density at radius 3 is 2.36 bits per heavy atom. The lowest BCUT2D eigenvalue weighted by atomic mass is 10.1. The van der Waals surface area contributed by atoms with Gasteiger partial charge in [0.05, 0.1) is 16.3 Å². The first-order chi connectivity index (χ1) is 10.6. The zero-order valence-corrected chi connectivity index (χ0v) is 12.5. The summed E-state index contributed by atoms with van der Waals surface area (Å²) in [6.07, 6.45) is 0. The highest BCUT2D eigenvalue weighted by Gasteiger charge is 2.15. The second-order valence-corrected chi connectivity index (χ2v) is 5.29. The molecule has 3 rings (SSSR count). The molecular formula is C18H16N2O2. The van der Waals surface area contributed by atoms with E-state index in [9.17, 15) is 10.1 Å². The zero-order chi connectivity index (χ0) is 15.7. The molecule has 1 heterocycles. The van der Waals surface area contributed by atoms with E-state index >= 15 is 0 Å². The Labute approximate surface area is 128 Å². The Bertz CT molecular complexity index is 836. The summed E-state index contributed by atoms with van der Waals surface area (Å²) in [5.41, 5.74) is 4.76. The van der Waals surface area contributed by atoms with Gasteiger partial charge in [0.2, 0.25) is 0 Å². The molecule has 0 bridgehead atoms. The summed E-state index contributed by atoms with van der Waals surface area (Å²) in [7, 11) is 0. The zero-order valence-electron chi connectivity index (χ0n) is 12.5. The predicted octanol–water partition coefficient (Wildman–Crippen LogP) is 4.67. The van der Waals surface area contributed by atoms with Crippen molar-refractivity contribution in [2.45, 2.75) is 13.8 Å². The van der Waals surface area contributed by atoms with Gasteiger partial charge in [-0.05, 0) is 37.6 Å². The lowest BCUT2D eigenvalue weighted by molar-refractivity contribution is -0.385. The third kappa shape index (κ3) is 2.39. The summed E-state index contributed by atoms with van der Waals surface area (Å²) in [6.45, 7) is 3.75. The summed E-state index contributed by atoms with van der Waals surface area (Å²) < 4.78 is 2.04. The molecule has 0 saturated carbocycles. The maximum atomic E-state index is 11.2. The van der Waals surface area contributed by atoms with Crippen LogP contribution < -0.4 is 0 Å². The van der Waals surface area contributed by atoms with Crippen LogP contribution in [0.4, 0.5) is 5.69 Å². The van der Waals surface area contributed by atoms with Gasteiger partial charge in [0.15, 0.2) is 0 Å². The molecule has 3 aromatic rings. The molecule has 0 amide bonds. The third-order valence-corrected chi connectivity index (χ3v) is 3.79. The van der Waals surface area contributed by atoms with Crippen molar-refractivity contribution in [3.8, 4) is 16.9 Å². The summed E-state index contributed by atoms with van der Waals surface area (Å²) in [6, 6.07) is 19.4. The number of aromatic nitrogens is 1. The largest absolute Gasteiger partial charge is 0.314 e. The SMILES string of the molecule is Cc1ccc(-n2c(C)ccc2-c2ccccc2)cc1[N+](=O)[O-]. The van der Waals surface area contributed by atoms with Gasteiger partial charge >= 0.3 is 0 Å². The summed E-state index contributed by atoms with van der Waals surface area (Å²) in [5, 5.41) is 11.2. The van der Waals surface area contributed by atoms with Crippen molar-refractivity contribution in [1.29, 1.82) is 0 Å². The van der Waals surface area contributed by atoms with Gasteiger partial charge in [-0.3, -0.25) is 10.1 Å². The van der Waals surface area contributed by atoms with Gasteiger partial charge in [-0.1, -0.05) is 36.4 Å². The van der Waals surface area contributed by atoms with E-state index in [0.717, 1.165) is 22.6 Å². The van der Waals surface area contributed by atoms with Crippen molar-refractivity contribution in [1.82, 2.24) is 4.57 Å². The van der Waals surface area contributed by atoms with Crippen LogP contribution in [0.5, 0.6) is 0 Å². The summed E-state index contributed by atoms with van der Waals surface area (Å²) in [5.74, 6) is 0. The van der Waals surface area contributed by atoms with Gasteiger partial charge in [0.25, 0.3) is 5.69 Å². The van der Waals surface area contributed by atoms with Crippen LogP contribution in [0.15, 0.2) is 60.7 Å². The van der Waals surface area contributed by atoms with Crippen LogP contribution in [-0.4, -0.2) is 9.49 Å². The van der Waals surface area contributed by atoms with Crippen molar-refractivity contribution < 1.29 is 4.92 Å². The van der Waals surface area contributed by atoms with Gasteiger partial charge in [-0.2, -0.15) is 0 Å². The molecule has 22 heavy (non-hydrogen) atoms. The van der Waals surface area contributed by atoms with Crippen LogP contribution in [0.2, 0.25) is 0 Å². The smallest absolute Gasteiger partial charge is 0.274 e. The highest BCUT2D eigenvalue weighted by atomic mass is 16.6. The number of aryl methyl sites for hydroxylation is 2. The number of nitrogens with zero attached hydrogens (tertiary/aromatic N) is 2. The first-order valence-electron chi connectivity index (χ1n) is 7.07. The normalized spacial score (nSPS) is 10.6. The highest BCUT2D eigenvalue weighted by Crippen LogP contribution is 2.29. The third-order valence-electron chi connectivity index (χ3n) is 3.79. The average Bonchev–Trinajstić information content (AvgIpc) is 2.90. The minimum Gasteiger partial charge on any atom is -0.314 e. The minimum atomic E-state index is -0.333. The Morgan fingerprint density at radius 1 is 0.955 bits per heavy atom. The Morgan fingerprint density at radius 2 is 1.68 bits per heavy atom. The molecule has 0 spiro atoms. The second-order valence-electron chi connectivity index (χ2n) is 5.29. The molecule has 0 unspecified atom stereocenters. The van der Waals surface area contributed by atoms with Crippen molar-refractivity contribution in [3.05, 3.63) is 82.0 Å². The molecule has 4 nitrogen and oxygen atoms in total. The quantitative estimate of drug-likeness (QED) is 0.520. The van der Waals surface area contributed by atoms with Gasteiger partial charge < -0.3 is 4.57 Å². The molecule has 0 aliphatic carbocycles. The predicted molar refractivity (Wildman–Crippen MR) is 87.3 cm³/mol. The van der Waals surface area contributed by atoms with Gasteiger partial charge in [-0.25, -0.2) is 0 Å². The number of nitro benzene ring substituents is 1. The van der Waals surface area contributed by atoms with Crippen LogP contribution in [0.3, 0.4) is 0 Å². The molecule has 110 valence electrons.